The molecule has 0 spiro atoms. The highest BCUT2D eigenvalue weighted by molar-refractivity contribution is 6.03. The van der Waals surface area contributed by atoms with E-state index in [2.05, 4.69) is 10.6 Å². The summed E-state index contributed by atoms with van der Waals surface area (Å²) in [5.41, 5.74) is 1.68. The van der Waals surface area contributed by atoms with Gasteiger partial charge in [-0.3, -0.25) is 14.4 Å². The predicted octanol–water partition coefficient (Wildman–Crippen LogP) is 2.78. The molecule has 0 radical (unpaired) electrons. The van der Waals surface area contributed by atoms with Crippen molar-refractivity contribution in [3.63, 3.8) is 0 Å². The minimum Gasteiger partial charge on any atom is -0.326 e. The van der Waals surface area contributed by atoms with Crippen LogP contribution in [0.4, 0.5) is 21.5 Å². The van der Waals surface area contributed by atoms with Gasteiger partial charge in [0.15, 0.2) is 0 Å². The van der Waals surface area contributed by atoms with Gasteiger partial charge in [-0.25, -0.2) is 4.39 Å². The molecule has 6 nitrogen and oxygen atoms in total. The van der Waals surface area contributed by atoms with Crippen molar-refractivity contribution in [2.75, 3.05) is 22.1 Å². The number of hydrogen-bond donors (Lipinski definition) is 2. The predicted molar refractivity (Wildman–Crippen MR) is 96.2 cm³/mol. The van der Waals surface area contributed by atoms with Gasteiger partial charge in [-0.15, -0.1) is 0 Å². The highest BCUT2D eigenvalue weighted by Crippen LogP contribution is 2.26. The Hall–Kier alpha value is -3.22. The first kappa shape index (κ1) is 17.6. The Labute approximate surface area is 150 Å². The van der Waals surface area contributed by atoms with E-state index >= 15 is 0 Å². The second-order valence-corrected chi connectivity index (χ2v) is 6.13. The Balaban J connectivity index is 1.66. The molecule has 3 rings (SSSR count). The van der Waals surface area contributed by atoms with Crippen LogP contribution in [0.5, 0.6) is 0 Å². The van der Waals surface area contributed by atoms with Crippen LogP contribution in [0.25, 0.3) is 0 Å². The summed E-state index contributed by atoms with van der Waals surface area (Å²) >= 11 is 0. The Morgan fingerprint density at radius 2 is 1.73 bits per heavy atom. The Morgan fingerprint density at radius 3 is 2.38 bits per heavy atom. The van der Waals surface area contributed by atoms with Crippen LogP contribution in [0.2, 0.25) is 0 Å². The molecule has 1 saturated heterocycles. The van der Waals surface area contributed by atoms with Crippen LogP contribution < -0.4 is 15.5 Å². The topological polar surface area (TPSA) is 78.5 Å². The van der Waals surface area contributed by atoms with Crippen LogP contribution in [0.15, 0.2) is 48.5 Å². The molecule has 3 amide bonds. The van der Waals surface area contributed by atoms with Crippen LogP contribution in [0, 0.1) is 11.7 Å². The van der Waals surface area contributed by atoms with E-state index in [1.54, 1.807) is 24.3 Å². The van der Waals surface area contributed by atoms with Crippen molar-refractivity contribution < 1.29 is 18.8 Å². The molecule has 2 aromatic rings. The summed E-state index contributed by atoms with van der Waals surface area (Å²) in [4.78, 5) is 37.3. The molecule has 2 N–H and O–H groups in total. The number of hydrogen-bond acceptors (Lipinski definition) is 3. The monoisotopic (exact) mass is 355 g/mol. The average Bonchev–Trinajstić information content (AvgIpc) is 2.97. The van der Waals surface area contributed by atoms with Gasteiger partial charge in [0, 0.05) is 37.0 Å². The molecular weight excluding hydrogens is 337 g/mol. The van der Waals surface area contributed by atoms with Crippen LogP contribution >= 0.6 is 0 Å². The maximum atomic E-state index is 13.0. The molecule has 1 atom stereocenters. The Bertz CT molecular complexity index is 851. The lowest BCUT2D eigenvalue weighted by Gasteiger charge is -2.16. The van der Waals surface area contributed by atoms with Crippen molar-refractivity contribution in [2.24, 2.45) is 5.92 Å². The molecular formula is C19H18FN3O3. The second-order valence-electron chi connectivity index (χ2n) is 6.13. The maximum Gasteiger partial charge on any atom is 0.229 e. The fraction of sp³-hybridized carbons (Fsp3) is 0.211. The van der Waals surface area contributed by atoms with Crippen molar-refractivity contribution in [1.29, 1.82) is 0 Å². The van der Waals surface area contributed by atoms with Crippen molar-refractivity contribution in [3.05, 3.63) is 54.3 Å². The number of halogens is 1. The molecule has 1 aliphatic heterocycles. The first-order valence-electron chi connectivity index (χ1n) is 8.17. The van der Waals surface area contributed by atoms with Gasteiger partial charge in [0.05, 0.1) is 5.92 Å². The summed E-state index contributed by atoms with van der Waals surface area (Å²) in [6.07, 6.45) is 0.0919. The van der Waals surface area contributed by atoms with E-state index < -0.39 is 5.92 Å². The minimum absolute atomic E-state index is 0.0919. The van der Waals surface area contributed by atoms with Crippen molar-refractivity contribution >= 4 is 34.8 Å². The van der Waals surface area contributed by atoms with Gasteiger partial charge in [0.1, 0.15) is 5.82 Å². The highest BCUT2D eigenvalue weighted by atomic mass is 19.1. The number of anilines is 3. The molecule has 0 saturated carbocycles. The van der Waals surface area contributed by atoms with Crippen molar-refractivity contribution in [2.45, 2.75) is 13.3 Å². The standard InChI is InChI=1S/C19H18FN3O3/c1-12(24)21-15-3-2-4-16(10-15)22-19(26)13-9-18(25)23(11-13)17-7-5-14(20)6-8-17/h2-8,10,13H,9,11H2,1H3,(H,21,24)(H,22,26)/t13-/m0/s1. The van der Waals surface area contributed by atoms with E-state index in [1.165, 1.54) is 36.1 Å². The van der Waals surface area contributed by atoms with Gasteiger partial charge in [0.2, 0.25) is 17.7 Å². The van der Waals surface area contributed by atoms with Crippen LogP contribution in [-0.2, 0) is 14.4 Å². The number of amides is 3. The van der Waals surface area contributed by atoms with E-state index in [4.69, 9.17) is 0 Å². The smallest absolute Gasteiger partial charge is 0.229 e. The summed E-state index contributed by atoms with van der Waals surface area (Å²) in [6, 6.07) is 12.4. The highest BCUT2D eigenvalue weighted by Gasteiger charge is 2.35. The van der Waals surface area contributed by atoms with Crippen LogP contribution in [0.1, 0.15) is 13.3 Å². The second kappa shape index (κ2) is 7.35. The summed E-state index contributed by atoms with van der Waals surface area (Å²) in [6.45, 7) is 1.64. The number of rotatable bonds is 4. The zero-order valence-corrected chi connectivity index (χ0v) is 14.2. The molecule has 1 fully saturated rings. The number of carbonyl (C=O) groups is 3. The molecule has 1 heterocycles. The van der Waals surface area contributed by atoms with E-state index in [-0.39, 0.29) is 36.5 Å². The SMILES string of the molecule is CC(=O)Nc1cccc(NC(=O)[C@H]2CC(=O)N(c3ccc(F)cc3)C2)c1. The molecule has 26 heavy (non-hydrogen) atoms. The van der Waals surface area contributed by atoms with Gasteiger partial charge in [0.25, 0.3) is 0 Å². The summed E-state index contributed by atoms with van der Waals surface area (Å²) in [5, 5.41) is 5.41. The third-order valence-corrected chi connectivity index (χ3v) is 4.08. The third kappa shape index (κ3) is 4.05. The third-order valence-electron chi connectivity index (χ3n) is 4.08. The first-order chi connectivity index (χ1) is 12.4. The quantitative estimate of drug-likeness (QED) is 0.885. The lowest BCUT2D eigenvalue weighted by Crippen LogP contribution is -2.28. The molecule has 0 bridgehead atoms. The van der Waals surface area contributed by atoms with Gasteiger partial charge in [-0.2, -0.15) is 0 Å². The van der Waals surface area contributed by atoms with E-state index in [0.29, 0.717) is 17.1 Å². The lowest BCUT2D eigenvalue weighted by molar-refractivity contribution is -0.122. The number of nitrogens with zero attached hydrogens (tertiary/aromatic N) is 1. The van der Waals surface area contributed by atoms with Crippen molar-refractivity contribution in [3.8, 4) is 0 Å². The molecule has 7 heteroatoms. The van der Waals surface area contributed by atoms with E-state index in [9.17, 15) is 18.8 Å². The zero-order valence-electron chi connectivity index (χ0n) is 14.2. The number of benzene rings is 2. The largest absolute Gasteiger partial charge is 0.326 e. The van der Waals surface area contributed by atoms with Crippen LogP contribution in [0.3, 0.4) is 0 Å². The van der Waals surface area contributed by atoms with Gasteiger partial charge < -0.3 is 15.5 Å². The fourth-order valence-electron chi connectivity index (χ4n) is 2.88. The van der Waals surface area contributed by atoms with Gasteiger partial charge >= 0.3 is 0 Å². The minimum atomic E-state index is -0.503. The Morgan fingerprint density at radius 1 is 1.08 bits per heavy atom. The summed E-state index contributed by atoms with van der Waals surface area (Å²) < 4.78 is 13.0. The fourth-order valence-corrected chi connectivity index (χ4v) is 2.88. The summed E-state index contributed by atoms with van der Waals surface area (Å²) in [5.74, 6) is -1.54. The number of carbonyl (C=O) groups excluding carboxylic acids is 3. The molecule has 2 aromatic carbocycles. The maximum absolute atomic E-state index is 13.0. The van der Waals surface area contributed by atoms with Crippen LogP contribution in [-0.4, -0.2) is 24.3 Å². The molecule has 0 unspecified atom stereocenters. The normalized spacial score (nSPS) is 16.5. The average molecular weight is 355 g/mol. The molecule has 134 valence electrons. The summed E-state index contributed by atoms with van der Waals surface area (Å²) in [7, 11) is 0. The molecule has 0 aromatic heterocycles. The molecule has 0 aliphatic carbocycles. The number of nitrogens with one attached hydrogen (secondary N) is 2. The first-order valence-corrected chi connectivity index (χ1v) is 8.17. The molecule has 1 aliphatic rings. The van der Waals surface area contributed by atoms with E-state index in [0.717, 1.165) is 0 Å². The Kier molecular flexibility index (Phi) is 4.97. The lowest BCUT2D eigenvalue weighted by atomic mass is 10.1. The van der Waals surface area contributed by atoms with Gasteiger partial charge in [-0.1, -0.05) is 6.07 Å². The van der Waals surface area contributed by atoms with Gasteiger partial charge in [-0.05, 0) is 42.5 Å². The van der Waals surface area contributed by atoms with E-state index in [1.807, 2.05) is 0 Å². The zero-order chi connectivity index (χ0) is 18.7. The van der Waals surface area contributed by atoms with Crippen molar-refractivity contribution in [1.82, 2.24) is 0 Å².